The molecule has 1 aliphatic heterocycles. The maximum Gasteiger partial charge on any atom is 0.333 e. The molecule has 9 nitrogen and oxygen atoms in total. The normalized spacial score (nSPS) is 46.9. The summed E-state index contributed by atoms with van der Waals surface area (Å²) in [4.78, 5) is 12.3. The minimum atomic E-state index is -1.55. The molecule has 0 amide bonds. The van der Waals surface area contributed by atoms with E-state index in [4.69, 9.17) is 14.2 Å². The molecule has 0 aromatic rings. The second-order valence-electron chi connectivity index (χ2n) is 11.5. The quantitative estimate of drug-likeness (QED) is 0.269. The number of aliphatic hydroxyl groups is 5. The summed E-state index contributed by atoms with van der Waals surface area (Å²) in [6.45, 7) is 10.6. The smallest absolute Gasteiger partial charge is 0.333 e. The second kappa shape index (κ2) is 10.7. The Labute approximate surface area is 208 Å². The maximum absolute atomic E-state index is 12.3. The number of aliphatic hydroxyl groups excluding tert-OH is 4. The van der Waals surface area contributed by atoms with E-state index in [9.17, 15) is 30.3 Å². The minimum Gasteiger partial charge on any atom is -0.453 e. The van der Waals surface area contributed by atoms with Gasteiger partial charge in [0.2, 0.25) is 0 Å². The molecule has 1 heterocycles. The van der Waals surface area contributed by atoms with E-state index in [1.165, 1.54) is 0 Å². The summed E-state index contributed by atoms with van der Waals surface area (Å²) < 4.78 is 17.6. The minimum absolute atomic E-state index is 0.0123. The van der Waals surface area contributed by atoms with Crippen LogP contribution in [-0.4, -0.2) is 86.6 Å². The molecule has 0 bridgehead atoms. The first kappa shape index (κ1) is 28.5. The molecule has 9 heteroatoms. The largest absolute Gasteiger partial charge is 0.453 e. The van der Waals surface area contributed by atoms with Crippen LogP contribution in [0.3, 0.4) is 0 Å². The van der Waals surface area contributed by atoms with E-state index < -0.39 is 72.4 Å². The molecule has 3 fully saturated rings. The number of allylic oxidation sites excluding steroid dienone is 1. The van der Waals surface area contributed by atoms with Crippen LogP contribution in [0, 0.1) is 23.2 Å². The van der Waals surface area contributed by atoms with Crippen LogP contribution >= 0.6 is 0 Å². The van der Waals surface area contributed by atoms with E-state index in [2.05, 4.69) is 13.8 Å². The third kappa shape index (κ3) is 5.32. The van der Waals surface area contributed by atoms with Gasteiger partial charge in [0, 0.05) is 16.9 Å². The fourth-order valence-corrected chi connectivity index (χ4v) is 6.46. The SMILES string of the molecule is CC=C(C)C(=O)O[C@H]1[C@H](O)[C@@H](O)[C@H](O[C@@H]2[C@H](C(C)C)CC[C@]3(C)[C@@H](O)CC[C@](C)(O)[C@@H]23)O[C@@H]1CO. The summed E-state index contributed by atoms with van der Waals surface area (Å²) in [5.74, 6) is -0.914. The Hall–Kier alpha value is -1.07. The van der Waals surface area contributed by atoms with Gasteiger partial charge >= 0.3 is 5.97 Å². The number of rotatable bonds is 6. The van der Waals surface area contributed by atoms with Crippen molar-refractivity contribution in [1.82, 2.24) is 0 Å². The van der Waals surface area contributed by atoms with E-state index >= 15 is 0 Å². The van der Waals surface area contributed by atoms with Gasteiger partial charge in [0.15, 0.2) is 12.4 Å². The van der Waals surface area contributed by atoms with Gasteiger partial charge in [-0.05, 0) is 58.3 Å². The van der Waals surface area contributed by atoms with Crippen LogP contribution < -0.4 is 0 Å². The molecule has 5 N–H and O–H groups in total. The van der Waals surface area contributed by atoms with E-state index in [0.717, 1.165) is 12.8 Å². The molecule has 35 heavy (non-hydrogen) atoms. The van der Waals surface area contributed by atoms with Gasteiger partial charge in [-0.15, -0.1) is 0 Å². The monoisotopic (exact) mass is 500 g/mol. The van der Waals surface area contributed by atoms with Crippen molar-refractivity contribution in [3.8, 4) is 0 Å². The zero-order valence-electron chi connectivity index (χ0n) is 21.8. The molecule has 0 aromatic carbocycles. The van der Waals surface area contributed by atoms with E-state index in [0.29, 0.717) is 18.4 Å². The van der Waals surface area contributed by atoms with Crippen LogP contribution in [0.25, 0.3) is 0 Å². The summed E-state index contributed by atoms with van der Waals surface area (Å²) >= 11 is 0. The van der Waals surface area contributed by atoms with E-state index in [-0.39, 0.29) is 11.8 Å². The van der Waals surface area contributed by atoms with Crippen molar-refractivity contribution in [2.45, 2.75) is 116 Å². The average molecular weight is 501 g/mol. The Morgan fingerprint density at radius 1 is 1.11 bits per heavy atom. The van der Waals surface area contributed by atoms with Crippen LogP contribution in [-0.2, 0) is 19.0 Å². The lowest BCUT2D eigenvalue weighted by molar-refractivity contribution is -0.339. The molecular formula is C26H44O9. The first-order valence-corrected chi connectivity index (χ1v) is 12.8. The Morgan fingerprint density at radius 3 is 2.34 bits per heavy atom. The lowest BCUT2D eigenvalue weighted by Crippen LogP contribution is -2.66. The van der Waals surface area contributed by atoms with Gasteiger partial charge in [-0.2, -0.15) is 0 Å². The van der Waals surface area contributed by atoms with E-state index in [1.807, 2.05) is 6.92 Å². The molecule has 2 aliphatic carbocycles. The molecular weight excluding hydrogens is 456 g/mol. The summed E-state index contributed by atoms with van der Waals surface area (Å²) in [5, 5.41) is 54.1. The number of hydrogen-bond acceptors (Lipinski definition) is 9. The highest BCUT2D eigenvalue weighted by Gasteiger charge is 2.61. The zero-order valence-corrected chi connectivity index (χ0v) is 21.8. The van der Waals surface area contributed by atoms with Crippen LogP contribution in [0.2, 0.25) is 0 Å². The predicted octanol–water partition coefficient (Wildman–Crippen LogP) is 1.28. The molecule has 0 unspecified atom stereocenters. The summed E-state index contributed by atoms with van der Waals surface area (Å²) in [5.41, 5.74) is -1.38. The van der Waals surface area contributed by atoms with Gasteiger partial charge in [-0.25, -0.2) is 4.79 Å². The first-order chi connectivity index (χ1) is 16.3. The Morgan fingerprint density at radius 2 is 1.77 bits per heavy atom. The van der Waals surface area contributed by atoms with Gasteiger partial charge in [0.1, 0.15) is 18.3 Å². The third-order valence-corrected chi connectivity index (χ3v) is 8.80. The molecule has 1 saturated heterocycles. The number of ether oxygens (including phenoxy) is 3. The van der Waals surface area contributed by atoms with Crippen LogP contribution in [0.1, 0.15) is 67.2 Å². The summed E-state index contributed by atoms with van der Waals surface area (Å²) in [7, 11) is 0. The lowest BCUT2D eigenvalue weighted by atomic mass is 9.50. The van der Waals surface area contributed by atoms with E-state index in [1.54, 1.807) is 26.8 Å². The maximum atomic E-state index is 12.3. The molecule has 3 rings (SSSR count). The molecule has 11 atom stereocenters. The van der Waals surface area contributed by atoms with Crippen LogP contribution in [0.15, 0.2) is 11.6 Å². The van der Waals surface area contributed by atoms with Crippen LogP contribution in [0.5, 0.6) is 0 Å². The highest BCUT2D eigenvalue weighted by molar-refractivity contribution is 5.87. The fourth-order valence-electron chi connectivity index (χ4n) is 6.46. The molecule has 202 valence electrons. The Kier molecular flexibility index (Phi) is 8.74. The Bertz CT molecular complexity index is 779. The number of esters is 1. The highest BCUT2D eigenvalue weighted by atomic mass is 16.7. The van der Waals surface area contributed by atoms with Crippen molar-refractivity contribution < 1.29 is 44.5 Å². The van der Waals surface area contributed by atoms with Crippen molar-refractivity contribution in [3.05, 3.63) is 11.6 Å². The highest BCUT2D eigenvalue weighted by Crippen LogP contribution is 2.57. The summed E-state index contributed by atoms with van der Waals surface area (Å²) in [6.07, 6.45) is -4.03. The topological polar surface area (TPSA) is 146 Å². The van der Waals surface area contributed by atoms with Crippen molar-refractivity contribution >= 4 is 5.97 Å². The van der Waals surface area contributed by atoms with Gasteiger partial charge in [-0.3, -0.25) is 0 Å². The molecule has 2 saturated carbocycles. The van der Waals surface area contributed by atoms with Gasteiger partial charge in [0.25, 0.3) is 0 Å². The van der Waals surface area contributed by atoms with Gasteiger partial charge in [-0.1, -0.05) is 26.8 Å². The molecule has 0 radical (unpaired) electrons. The van der Waals surface area contributed by atoms with Crippen LogP contribution in [0.4, 0.5) is 0 Å². The average Bonchev–Trinajstić information content (AvgIpc) is 2.80. The van der Waals surface area contributed by atoms with Crippen molar-refractivity contribution in [2.24, 2.45) is 23.2 Å². The number of hydrogen-bond donors (Lipinski definition) is 5. The molecule has 0 spiro atoms. The predicted molar refractivity (Wildman–Crippen MR) is 127 cm³/mol. The van der Waals surface area contributed by atoms with Crippen molar-refractivity contribution in [3.63, 3.8) is 0 Å². The fraction of sp³-hybridized carbons (Fsp3) is 0.885. The third-order valence-electron chi connectivity index (χ3n) is 8.80. The number of carbonyl (C=O) groups is 1. The lowest BCUT2D eigenvalue weighted by Gasteiger charge is -2.60. The second-order valence-corrected chi connectivity index (χ2v) is 11.5. The van der Waals surface area contributed by atoms with Crippen molar-refractivity contribution in [1.29, 1.82) is 0 Å². The molecule has 0 aromatic heterocycles. The van der Waals surface area contributed by atoms with Gasteiger partial charge in [0.05, 0.1) is 24.4 Å². The van der Waals surface area contributed by atoms with Gasteiger partial charge < -0.3 is 39.7 Å². The summed E-state index contributed by atoms with van der Waals surface area (Å²) in [6, 6.07) is 0. The molecule has 3 aliphatic rings. The van der Waals surface area contributed by atoms with Crippen molar-refractivity contribution in [2.75, 3.05) is 6.61 Å². The standard InChI is InChI=1S/C26H44O9/c1-7-14(4)23(31)34-21-16(12-27)33-24(19(30)18(21)29)35-20-15(13(2)3)8-10-25(5)17(28)9-11-26(6,32)22(20)25/h7,13,15-22,24,27-30,32H,8-12H2,1-6H3/t15-,16+,17-,18+,19+,20+,21+,22-,24-,25+,26-/m0/s1. The zero-order chi connectivity index (χ0) is 26.3. The Balaban J connectivity index is 1.89. The number of carbonyl (C=O) groups excluding carboxylic acids is 1. The number of fused-ring (bicyclic) bond motifs is 1. The first-order valence-electron chi connectivity index (χ1n) is 12.8.